The average Bonchev–Trinajstić information content (AvgIpc) is 2.44. The normalized spacial score (nSPS) is 13.1. The molecule has 0 N–H and O–H groups in total. The summed E-state index contributed by atoms with van der Waals surface area (Å²) in [4.78, 5) is 0. The Morgan fingerprint density at radius 2 is 2.00 bits per heavy atom. The first kappa shape index (κ1) is 14.9. The van der Waals surface area contributed by atoms with E-state index < -0.39 is 8.32 Å². The van der Waals surface area contributed by atoms with Gasteiger partial charge >= 0.3 is 0 Å². The van der Waals surface area contributed by atoms with Crippen molar-refractivity contribution in [3.63, 3.8) is 0 Å². The van der Waals surface area contributed by atoms with Gasteiger partial charge in [0.05, 0.1) is 23.3 Å². The molecule has 3 nitrogen and oxygen atoms in total. The lowest BCUT2D eigenvalue weighted by Gasteiger charge is -2.36. The van der Waals surface area contributed by atoms with Gasteiger partial charge in [0.15, 0.2) is 8.32 Å². The molecule has 0 amide bonds. The highest BCUT2D eigenvalue weighted by Gasteiger charge is 2.36. The van der Waals surface area contributed by atoms with Crippen LogP contribution in [0.1, 0.15) is 26.5 Å². The van der Waals surface area contributed by atoms with Crippen LogP contribution < -0.4 is 0 Å². The van der Waals surface area contributed by atoms with Crippen molar-refractivity contribution in [2.24, 2.45) is 0 Å². The molecule has 5 heteroatoms. The van der Waals surface area contributed by atoms with E-state index in [0.29, 0.717) is 0 Å². The molecule has 0 fully saturated rings. The van der Waals surface area contributed by atoms with Crippen LogP contribution in [-0.4, -0.2) is 24.7 Å². The molecule has 1 rings (SSSR count). The molecule has 0 spiro atoms. The number of nitrogens with zero attached hydrogens (tertiary/aromatic N) is 2. The second-order valence-electron chi connectivity index (χ2n) is 5.93. The van der Waals surface area contributed by atoms with Gasteiger partial charge in [0.25, 0.3) is 0 Å². The number of hydrogen-bond donors (Lipinski definition) is 0. The zero-order valence-electron chi connectivity index (χ0n) is 11.7. The van der Waals surface area contributed by atoms with Crippen molar-refractivity contribution in [1.29, 1.82) is 0 Å². The fourth-order valence-electron chi connectivity index (χ4n) is 1.22. The number of halogens is 1. The second kappa shape index (κ2) is 5.24. The van der Waals surface area contributed by atoms with Crippen LogP contribution in [0.4, 0.5) is 0 Å². The van der Waals surface area contributed by atoms with E-state index in [0.717, 1.165) is 23.3 Å². The van der Waals surface area contributed by atoms with Gasteiger partial charge in [0.2, 0.25) is 0 Å². The molecular formula is C12H23BrN2OSi. The van der Waals surface area contributed by atoms with Crippen molar-refractivity contribution in [1.82, 2.24) is 9.78 Å². The highest BCUT2D eigenvalue weighted by Crippen LogP contribution is 2.36. The first-order valence-electron chi connectivity index (χ1n) is 5.97. The Kier molecular flexibility index (Phi) is 4.60. The van der Waals surface area contributed by atoms with Crippen LogP contribution in [0.2, 0.25) is 18.1 Å². The monoisotopic (exact) mass is 318 g/mol. The molecular weight excluding hydrogens is 296 g/mol. The molecule has 1 aromatic rings. The van der Waals surface area contributed by atoms with E-state index in [9.17, 15) is 0 Å². The highest BCUT2D eigenvalue weighted by atomic mass is 79.9. The van der Waals surface area contributed by atoms with Crippen molar-refractivity contribution in [3.05, 3.63) is 16.4 Å². The summed E-state index contributed by atoms with van der Waals surface area (Å²) in [7, 11) is -1.62. The summed E-state index contributed by atoms with van der Waals surface area (Å²) in [6, 6.07) is 0. The molecule has 0 aliphatic carbocycles. The zero-order valence-corrected chi connectivity index (χ0v) is 14.3. The Morgan fingerprint density at radius 3 is 2.41 bits per heavy atom. The number of aryl methyl sites for hydroxylation is 1. The van der Waals surface area contributed by atoms with Crippen LogP contribution in [0, 0.1) is 6.92 Å². The lowest BCUT2D eigenvalue weighted by atomic mass is 10.2. The third-order valence-electron chi connectivity index (χ3n) is 3.48. The van der Waals surface area contributed by atoms with Gasteiger partial charge in [-0.25, -0.2) is 0 Å². The fraction of sp³-hybridized carbons (Fsp3) is 0.750. The van der Waals surface area contributed by atoms with Crippen LogP contribution in [0.25, 0.3) is 0 Å². The molecule has 0 aliphatic heterocycles. The molecule has 98 valence electrons. The third kappa shape index (κ3) is 3.93. The van der Waals surface area contributed by atoms with Gasteiger partial charge in [-0.3, -0.25) is 4.68 Å². The van der Waals surface area contributed by atoms with Crippen LogP contribution >= 0.6 is 15.9 Å². The van der Waals surface area contributed by atoms with Crippen molar-refractivity contribution >= 4 is 24.2 Å². The Hall–Kier alpha value is -0.133. The van der Waals surface area contributed by atoms with E-state index in [2.05, 4.69) is 54.9 Å². The predicted molar refractivity (Wildman–Crippen MR) is 77.8 cm³/mol. The summed E-state index contributed by atoms with van der Waals surface area (Å²) in [5, 5.41) is 4.67. The lowest BCUT2D eigenvalue weighted by Crippen LogP contribution is -2.41. The first-order chi connectivity index (χ1) is 7.63. The van der Waals surface area contributed by atoms with Gasteiger partial charge in [-0.1, -0.05) is 20.8 Å². The Bertz CT molecular complexity index is 363. The zero-order chi connectivity index (χ0) is 13.3. The summed E-state index contributed by atoms with van der Waals surface area (Å²) in [5.41, 5.74) is 1.03. The minimum atomic E-state index is -1.62. The van der Waals surface area contributed by atoms with Crippen LogP contribution in [0.15, 0.2) is 10.7 Å². The van der Waals surface area contributed by atoms with E-state index in [4.69, 9.17) is 4.43 Å². The molecule has 0 radical (unpaired) electrons. The minimum absolute atomic E-state index is 0.271. The van der Waals surface area contributed by atoms with Gasteiger partial charge in [-0.05, 0) is 41.0 Å². The van der Waals surface area contributed by atoms with E-state index in [-0.39, 0.29) is 5.04 Å². The fourth-order valence-corrected chi connectivity index (χ4v) is 2.57. The molecule has 0 atom stereocenters. The van der Waals surface area contributed by atoms with Gasteiger partial charge < -0.3 is 4.43 Å². The van der Waals surface area contributed by atoms with Gasteiger partial charge in [-0.15, -0.1) is 0 Å². The molecule has 1 heterocycles. The maximum Gasteiger partial charge on any atom is 0.192 e. The molecule has 0 bridgehead atoms. The summed E-state index contributed by atoms with van der Waals surface area (Å²) < 4.78 is 9.11. The van der Waals surface area contributed by atoms with Crippen molar-refractivity contribution in [2.75, 3.05) is 6.61 Å². The average molecular weight is 319 g/mol. The van der Waals surface area contributed by atoms with E-state index >= 15 is 0 Å². The highest BCUT2D eigenvalue weighted by molar-refractivity contribution is 9.10. The molecule has 0 saturated carbocycles. The Balaban J connectivity index is 2.48. The van der Waals surface area contributed by atoms with Crippen molar-refractivity contribution < 1.29 is 4.43 Å². The largest absolute Gasteiger partial charge is 0.415 e. The smallest absolute Gasteiger partial charge is 0.192 e. The third-order valence-corrected chi connectivity index (χ3v) is 8.79. The van der Waals surface area contributed by atoms with E-state index in [1.165, 1.54) is 0 Å². The van der Waals surface area contributed by atoms with E-state index in [1.54, 1.807) is 0 Å². The van der Waals surface area contributed by atoms with Crippen molar-refractivity contribution in [2.45, 2.75) is 52.4 Å². The molecule has 0 aliphatic rings. The van der Waals surface area contributed by atoms with Crippen LogP contribution in [0.5, 0.6) is 0 Å². The van der Waals surface area contributed by atoms with Gasteiger partial charge in [0.1, 0.15) is 0 Å². The molecule has 0 unspecified atom stereocenters. The van der Waals surface area contributed by atoms with Crippen LogP contribution in [-0.2, 0) is 11.0 Å². The van der Waals surface area contributed by atoms with E-state index in [1.807, 2.05) is 17.8 Å². The summed E-state index contributed by atoms with van der Waals surface area (Å²) >= 11 is 3.46. The minimum Gasteiger partial charge on any atom is -0.415 e. The Morgan fingerprint density at radius 1 is 1.41 bits per heavy atom. The summed E-state index contributed by atoms with van der Waals surface area (Å²) in [6.45, 7) is 14.9. The summed E-state index contributed by atoms with van der Waals surface area (Å²) in [6.07, 6.45) is 2.00. The standard InChI is InChI=1S/C12H23BrN2OSi/c1-10-11(13)9-15(14-10)7-8-16-17(5,6)12(2,3)4/h9H,7-8H2,1-6H3. The van der Waals surface area contributed by atoms with Gasteiger partial charge in [-0.2, -0.15) is 5.10 Å². The number of hydrogen-bond acceptors (Lipinski definition) is 2. The van der Waals surface area contributed by atoms with Crippen LogP contribution in [0.3, 0.4) is 0 Å². The Labute approximate surface area is 114 Å². The SMILES string of the molecule is Cc1nn(CCO[Si](C)(C)C(C)(C)C)cc1Br. The maximum atomic E-state index is 6.11. The second-order valence-corrected chi connectivity index (χ2v) is 11.6. The van der Waals surface area contributed by atoms with Gasteiger partial charge in [0, 0.05) is 6.20 Å². The molecule has 0 saturated heterocycles. The summed E-state index contributed by atoms with van der Waals surface area (Å²) in [5.74, 6) is 0. The maximum absolute atomic E-state index is 6.11. The molecule has 1 aromatic heterocycles. The number of aromatic nitrogens is 2. The lowest BCUT2D eigenvalue weighted by molar-refractivity contribution is 0.266. The topological polar surface area (TPSA) is 27.1 Å². The molecule has 0 aromatic carbocycles. The quantitative estimate of drug-likeness (QED) is 0.785. The molecule has 17 heavy (non-hydrogen) atoms. The predicted octanol–water partition coefficient (Wildman–Crippen LogP) is 3.98. The van der Waals surface area contributed by atoms with Crippen molar-refractivity contribution in [3.8, 4) is 0 Å². The first-order valence-corrected chi connectivity index (χ1v) is 9.67. The number of rotatable bonds is 4.